The Morgan fingerprint density at radius 2 is 1.65 bits per heavy atom. The molecule has 220 valence electrons. The second-order valence-electron chi connectivity index (χ2n) is 10.4. The Morgan fingerprint density at radius 1 is 1.00 bits per heavy atom. The number of carbonyl (C=O) groups excluding carboxylic acids is 1. The van der Waals surface area contributed by atoms with Crippen molar-refractivity contribution in [2.24, 2.45) is 0 Å². The van der Waals surface area contributed by atoms with Gasteiger partial charge in [-0.25, -0.2) is 13.2 Å². The summed E-state index contributed by atoms with van der Waals surface area (Å²) in [6.45, 7) is 7.19. The van der Waals surface area contributed by atoms with Crippen molar-refractivity contribution in [2.45, 2.75) is 48.7 Å². The van der Waals surface area contributed by atoms with Gasteiger partial charge in [0.2, 0.25) is 0 Å². The van der Waals surface area contributed by atoms with E-state index in [0.29, 0.717) is 48.3 Å². The van der Waals surface area contributed by atoms with E-state index in [-0.39, 0.29) is 22.4 Å². The zero-order valence-corrected chi connectivity index (χ0v) is 23.4. The highest BCUT2D eigenvalue weighted by Crippen LogP contribution is 2.38. The molecule has 0 saturated carbocycles. The lowest BCUT2D eigenvalue weighted by Crippen LogP contribution is -2.53. The summed E-state index contributed by atoms with van der Waals surface area (Å²) >= 11 is 0.845. The van der Waals surface area contributed by atoms with E-state index >= 15 is 0 Å². The summed E-state index contributed by atoms with van der Waals surface area (Å²) in [6, 6.07) is 2.11. The van der Waals surface area contributed by atoms with E-state index in [2.05, 4.69) is 5.32 Å². The van der Waals surface area contributed by atoms with Crippen LogP contribution >= 0.6 is 11.3 Å². The van der Waals surface area contributed by atoms with Crippen molar-refractivity contribution in [1.82, 2.24) is 15.1 Å². The van der Waals surface area contributed by atoms with E-state index < -0.39 is 56.3 Å². The molecule has 0 bridgehead atoms. The predicted molar refractivity (Wildman–Crippen MR) is 136 cm³/mol. The fraction of sp³-hybridized carbons (Fsp3) is 0.480. The summed E-state index contributed by atoms with van der Waals surface area (Å²) in [7, 11) is -4.44. The smallest absolute Gasteiger partial charge is 0.416 e. The van der Waals surface area contributed by atoms with Gasteiger partial charge in [0.1, 0.15) is 15.6 Å². The van der Waals surface area contributed by atoms with Crippen molar-refractivity contribution >= 4 is 39.2 Å². The molecule has 0 atom stereocenters. The summed E-state index contributed by atoms with van der Waals surface area (Å²) in [5.74, 6) is -0.642. The van der Waals surface area contributed by atoms with Crippen LogP contribution in [0.25, 0.3) is 11.9 Å². The molecule has 1 aromatic carbocycles. The second kappa shape index (κ2) is 10.5. The third kappa shape index (κ3) is 6.67. The molecule has 2 aromatic rings. The van der Waals surface area contributed by atoms with E-state index in [0.717, 1.165) is 11.3 Å². The van der Waals surface area contributed by atoms with E-state index in [9.17, 15) is 39.6 Å². The van der Waals surface area contributed by atoms with Gasteiger partial charge in [-0.05, 0) is 56.7 Å². The number of piperazine rings is 1. The second-order valence-corrected chi connectivity index (χ2v) is 13.7. The Balaban J connectivity index is 1.63. The van der Waals surface area contributed by atoms with Gasteiger partial charge in [0.05, 0.1) is 16.9 Å². The SMILES string of the molecule is CC(C)(C)OC(=O)N1CCN(C2=c3cc(S(=O)(=O)Cc4cc(C(F)(F)F)ccc4C(F)(F)F)sc3=CCN2)CC1. The van der Waals surface area contributed by atoms with Crippen LogP contribution < -0.4 is 15.1 Å². The standard InChI is InChI=1S/C25H27F6N3O4S2/c1-23(2,3)38-22(35)34-10-8-33(9-11-34)21-17-13-20(39-19(17)6-7-32-21)40(36,37)14-15-12-16(24(26,27)28)4-5-18(15)25(29,30)31/h4-6,12-13,32H,7-11,14H2,1-3H3. The Hall–Kier alpha value is -2.94. The number of alkyl halides is 6. The summed E-state index contributed by atoms with van der Waals surface area (Å²) < 4.78 is 112. The van der Waals surface area contributed by atoms with Crippen LogP contribution in [0.2, 0.25) is 0 Å². The Kier molecular flexibility index (Phi) is 7.86. The summed E-state index contributed by atoms with van der Waals surface area (Å²) in [6.07, 6.45) is -8.70. The monoisotopic (exact) mass is 611 g/mol. The van der Waals surface area contributed by atoms with Crippen LogP contribution in [-0.4, -0.2) is 62.6 Å². The molecule has 15 heteroatoms. The number of rotatable bonds is 4. The number of nitrogens with one attached hydrogen (secondary N) is 1. The maximum absolute atomic E-state index is 13.5. The van der Waals surface area contributed by atoms with Gasteiger partial charge in [-0.2, -0.15) is 26.3 Å². The number of benzene rings is 1. The number of carbonyl (C=O) groups is 1. The third-order valence-corrected chi connectivity index (χ3v) is 9.55. The maximum Gasteiger partial charge on any atom is 0.416 e. The van der Waals surface area contributed by atoms with Gasteiger partial charge in [-0.1, -0.05) is 0 Å². The lowest BCUT2D eigenvalue weighted by Gasteiger charge is -2.38. The molecule has 2 aliphatic heterocycles. The normalized spacial score (nSPS) is 16.8. The number of hydrogen-bond donors (Lipinski definition) is 1. The predicted octanol–water partition coefficient (Wildman–Crippen LogP) is 3.76. The first-order valence-corrected chi connectivity index (χ1v) is 14.6. The van der Waals surface area contributed by atoms with Crippen molar-refractivity contribution < 1.29 is 44.3 Å². The molecule has 0 spiro atoms. The first kappa shape index (κ1) is 30.0. The van der Waals surface area contributed by atoms with Crippen LogP contribution in [0.3, 0.4) is 0 Å². The highest BCUT2D eigenvalue weighted by molar-refractivity contribution is 7.92. The van der Waals surface area contributed by atoms with Crippen molar-refractivity contribution in [1.29, 1.82) is 0 Å². The largest absolute Gasteiger partial charge is 0.444 e. The lowest BCUT2D eigenvalue weighted by atomic mass is 10.0. The molecular formula is C25H27F6N3O4S2. The number of halogens is 6. The van der Waals surface area contributed by atoms with Gasteiger partial charge in [-0.15, -0.1) is 11.3 Å². The lowest BCUT2D eigenvalue weighted by molar-refractivity contribution is -0.141. The van der Waals surface area contributed by atoms with Crippen molar-refractivity contribution in [3.05, 3.63) is 50.7 Å². The van der Waals surface area contributed by atoms with Gasteiger partial charge in [0.15, 0.2) is 9.84 Å². The molecule has 4 rings (SSSR count). The first-order chi connectivity index (χ1) is 18.3. The number of fused-ring (bicyclic) bond motifs is 1. The Labute approximate surface area is 230 Å². The summed E-state index contributed by atoms with van der Waals surface area (Å²) in [4.78, 5) is 15.9. The molecule has 40 heavy (non-hydrogen) atoms. The first-order valence-electron chi connectivity index (χ1n) is 12.2. The molecule has 0 aliphatic carbocycles. The van der Waals surface area contributed by atoms with Crippen molar-refractivity contribution in [3.63, 3.8) is 0 Å². The van der Waals surface area contributed by atoms with Crippen molar-refractivity contribution in [2.75, 3.05) is 32.7 Å². The van der Waals surface area contributed by atoms with Gasteiger partial charge in [0.25, 0.3) is 0 Å². The van der Waals surface area contributed by atoms with E-state index in [4.69, 9.17) is 4.74 Å². The molecule has 1 N–H and O–H groups in total. The minimum absolute atomic E-state index is 0.239. The number of amides is 1. The Morgan fingerprint density at radius 3 is 2.23 bits per heavy atom. The molecule has 1 fully saturated rings. The van der Waals surface area contributed by atoms with E-state index in [1.54, 1.807) is 31.7 Å². The topological polar surface area (TPSA) is 79.0 Å². The van der Waals surface area contributed by atoms with Gasteiger partial charge in [0, 0.05) is 42.5 Å². The fourth-order valence-electron chi connectivity index (χ4n) is 4.37. The molecular weight excluding hydrogens is 584 g/mol. The van der Waals surface area contributed by atoms with Gasteiger partial charge < -0.3 is 19.9 Å². The summed E-state index contributed by atoms with van der Waals surface area (Å²) in [5, 5.41) is 3.70. The van der Waals surface area contributed by atoms with Crippen molar-refractivity contribution in [3.8, 4) is 0 Å². The molecule has 2 aliphatic rings. The molecule has 0 unspecified atom stereocenters. The Bertz CT molecular complexity index is 1520. The van der Waals surface area contributed by atoms with Gasteiger partial charge in [-0.3, -0.25) is 0 Å². The van der Waals surface area contributed by atoms with E-state index in [1.807, 2.05) is 4.90 Å². The third-order valence-electron chi connectivity index (χ3n) is 6.19. The van der Waals surface area contributed by atoms with Crippen LogP contribution in [0, 0.1) is 0 Å². The quantitative estimate of drug-likeness (QED) is 0.531. The molecule has 7 nitrogen and oxygen atoms in total. The number of sulfone groups is 1. The fourth-order valence-corrected chi connectivity index (χ4v) is 7.24. The maximum atomic E-state index is 13.5. The molecule has 1 amide bonds. The number of ether oxygens (including phenoxy) is 1. The number of hydrogen-bond acceptors (Lipinski definition) is 7. The molecule has 3 heterocycles. The van der Waals surface area contributed by atoms with Crippen LogP contribution in [0.1, 0.15) is 37.5 Å². The average molecular weight is 612 g/mol. The zero-order chi connectivity index (χ0) is 29.7. The minimum atomic E-state index is -5.04. The number of thiophene rings is 1. The average Bonchev–Trinajstić information content (AvgIpc) is 3.27. The zero-order valence-electron chi connectivity index (χ0n) is 21.7. The highest BCUT2D eigenvalue weighted by atomic mass is 32.2. The van der Waals surface area contributed by atoms with Crippen LogP contribution in [0.5, 0.6) is 0 Å². The van der Waals surface area contributed by atoms with Crippen LogP contribution in [-0.2, 0) is 32.7 Å². The van der Waals surface area contributed by atoms with E-state index in [1.165, 1.54) is 6.07 Å². The molecule has 1 saturated heterocycles. The van der Waals surface area contributed by atoms with Gasteiger partial charge >= 0.3 is 18.4 Å². The summed E-state index contributed by atoms with van der Waals surface area (Å²) in [5.41, 5.74) is -4.42. The molecule has 0 radical (unpaired) electrons. The highest BCUT2D eigenvalue weighted by Gasteiger charge is 2.38. The minimum Gasteiger partial charge on any atom is -0.444 e. The molecule has 1 aromatic heterocycles. The number of nitrogens with zero attached hydrogens (tertiary/aromatic N) is 2. The van der Waals surface area contributed by atoms with Crippen LogP contribution in [0.15, 0.2) is 28.5 Å². The van der Waals surface area contributed by atoms with Crippen LogP contribution in [0.4, 0.5) is 31.1 Å².